The van der Waals surface area contributed by atoms with Crippen LogP contribution in [0.2, 0.25) is 0 Å². The van der Waals surface area contributed by atoms with Crippen molar-refractivity contribution in [1.82, 2.24) is 0 Å². The molecule has 198 valence electrons. The standard InChI is InChI=1S/C32H35NO5/c1-6-18-38-25-12-8-10-22(19-25)29(34)27-28(21-14-16-23(17-15-21)32(3,4)5)33(31(36)30(27)35)24-11-9-13-26(20-24)37-7-2/h8-17,19-20,28,34H,6-7,18H2,1-5H3/b29-27+. The molecule has 3 aromatic rings. The smallest absolute Gasteiger partial charge is 0.300 e. The maximum Gasteiger partial charge on any atom is 0.300 e. The second-order valence-corrected chi connectivity index (χ2v) is 10.3. The van der Waals surface area contributed by atoms with Gasteiger partial charge in [0.05, 0.1) is 24.8 Å². The van der Waals surface area contributed by atoms with Crippen LogP contribution in [-0.4, -0.2) is 30.0 Å². The first-order valence-electron chi connectivity index (χ1n) is 13.0. The SMILES string of the molecule is CCCOc1cccc(/C(O)=C2\C(=O)C(=O)N(c3cccc(OCC)c3)C2c2ccc(C(C)(C)C)cc2)c1. The third-order valence-corrected chi connectivity index (χ3v) is 6.52. The molecule has 6 heteroatoms. The van der Waals surface area contributed by atoms with E-state index in [9.17, 15) is 14.7 Å². The zero-order valence-electron chi connectivity index (χ0n) is 22.7. The van der Waals surface area contributed by atoms with Gasteiger partial charge in [0, 0.05) is 17.3 Å². The van der Waals surface area contributed by atoms with Gasteiger partial charge in [0.15, 0.2) is 0 Å². The summed E-state index contributed by atoms with van der Waals surface area (Å²) in [5, 5.41) is 11.5. The van der Waals surface area contributed by atoms with Crippen LogP contribution in [0.3, 0.4) is 0 Å². The number of carbonyl (C=O) groups excluding carboxylic acids is 2. The predicted octanol–water partition coefficient (Wildman–Crippen LogP) is 6.80. The number of aliphatic hydroxyl groups excluding tert-OH is 1. The van der Waals surface area contributed by atoms with Crippen molar-refractivity contribution in [2.24, 2.45) is 0 Å². The minimum Gasteiger partial charge on any atom is -0.507 e. The molecule has 1 atom stereocenters. The fraction of sp³-hybridized carbons (Fsp3) is 0.312. The van der Waals surface area contributed by atoms with E-state index in [0.29, 0.717) is 36.0 Å². The lowest BCUT2D eigenvalue weighted by atomic mass is 9.85. The number of rotatable bonds is 8. The molecule has 1 aliphatic rings. The lowest BCUT2D eigenvalue weighted by Crippen LogP contribution is -2.29. The largest absolute Gasteiger partial charge is 0.507 e. The zero-order chi connectivity index (χ0) is 27.4. The van der Waals surface area contributed by atoms with Crippen LogP contribution < -0.4 is 14.4 Å². The van der Waals surface area contributed by atoms with E-state index in [1.807, 2.05) is 38.1 Å². The van der Waals surface area contributed by atoms with Gasteiger partial charge in [-0.3, -0.25) is 14.5 Å². The first-order chi connectivity index (χ1) is 18.2. The maximum absolute atomic E-state index is 13.5. The van der Waals surface area contributed by atoms with Gasteiger partial charge < -0.3 is 14.6 Å². The first kappa shape index (κ1) is 27.0. The van der Waals surface area contributed by atoms with Crippen molar-refractivity contribution >= 4 is 23.1 Å². The second kappa shape index (κ2) is 11.1. The van der Waals surface area contributed by atoms with Crippen molar-refractivity contribution in [2.45, 2.75) is 52.5 Å². The van der Waals surface area contributed by atoms with Crippen molar-refractivity contribution < 1.29 is 24.2 Å². The number of hydrogen-bond donors (Lipinski definition) is 1. The topological polar surface area (TPSA) is 76.1 Å². The van der Waals surface area contributed by atoms with Crippen LogP contribution in [-0.2, 0) is 15.0 Å². The second-order valence-electron chi connectivity index (χ2n) is 10.3. The molecule has 0 aromatic heterocycles. The molecule has 1 saturated heterocycles. The average molecular weight is 514 g/mol. The van der Waals surface area contributed by atoms with E-state index in [0.717, 1.165) is 17.5 Å². The molecule has 1 aliphatic heterocycles. The Morgan fingerprint density at radius 2 is 1.55 bits per heavy atom. The summed E-state index contributed by atoms with van der Waals surface area (Å²) < 4.78 is 11.4. The number of ether oxygens (including phenoxy) is 2. The van der Waals surface area contributed by atoms with Gasteiger partial charge in [-0.05, 0) is 54.2 Å². The molecule has 1 N–H and O–H groups in total. The van der Waals surface area contributed by atoms with Crippen LogP contribution in [0.5, 0.6) is 11.5 Å². The molecular weight excluding hydrogens is 478 g/mol. The van der Waals surface area contributed by atoms with E-state index in [1.54, 1.807) is 48.5 Å². The van der Waals surface area contributed by atoms with Gasteiger partial charge in [-0.1, -0.05) is 70.2 Å². The Hall–Kier alpha value is -4.06. The highest BCUT2D eigenvalue weighted by molar-refractivity contribution is 6.51. The third-order valence-electron chi connectivity index (χ3n) is 6.52. The average Bonchev–Trinajstić information content (AvgIpc) is 3.17. The number of benzene rings is 3. The molecule has 1 amide bonds. The molecular formula is C32H35NO5. The van der Waals surface area contributed by atoms with Crippen molar-refractivity contribution in [1.29, 1.82) is 0 Å². The maximum atomic E-state index is 13.5. The van der Waals surface area contributed by atoms with Gasteiger partial charge >= 0.3 is 0 Å². The van der Waals surface area contributed by atoms with Crippen LogP contribution in [0.4, 0.5) is 5.69 Å². The Labute approximate surface area is 224 Å². The Bertz CT molecular complexity index is 1350. The van der Waals surface area contributed by atoms with Gasteiger partial charge in [0.25, 0.3) is 11.7 Å². The highest BCUT2D eigenvalue weighted by atomic mass is 16.5. The lowest BCUT2D eigenvalue weighted by molar-refractivity contribution is -0.132. The lowest BCUT2D eigenvalue weighted by Gasteiger charge is -2.27. The van der Waals surface area contributed by atoms with Crippen LogP contribution in [0, 0.1) is 0 Å². The molecule has 1 fully saturated rings. The van der Waals surface area contributed by atoms with Crippen molar-refractivity contribution in [3.05, 3.63) is 95.1 Å². The Morgan fingerprint density at radius 3 is 2.18 bits per heavy atom. The number of nitrogens with zero attached hydrogens (tertiary/aromatic N) is 1. The summed E-state index contributed by atoms with van der Waals surface area (Å²) in [7, 11) is 0. The number of amides is 1. The Morgan fingerprint density at radius 1 is 0.895 bits per heavy atom. The molecule has 1 heterocycles. The van der Waals surface area contributed by atoms with Crippen molar-refractivity contribution in [2.75, 3.05) is 18.1 Å². The van der Waals surface area contributed by atoms with Gasteiger partial charge in [-0.2, -0.15) is 0 Å². The fourth-order valence-electron chi connectivity index (χ4n) is 4.58. The van der Waals surface area contributed by atoms with Crippen molar-refractivity contribution in [3.63, 3.8) is 0 Å². The first-order valence-corrected chi connectivity index (χ1v) is 13.0. The fourth-order valence-corrected chi connectivity index (χ4v) is 4.58. The normalized spacial score (nSPS) is 17.1. The molecule has 0 bridgehead atoms. The van der Waals surface area contributed by atoms with Crippen LogP contribution in [0.1, 0.15) is 63.8 Å². The van der Waals surface area contributed by atoms with E-state index in [-0.39, 0.29) is 16.7 Å². The van der Waals surface area contributed by atoms with E-state index in [1.165, 1.54) is 4.90 Å². The quantitative estimate of drug-likeness (QED) is 0.204. The summed E-state index contributed by atoms with van der Waals surface area (Å²) in [6, 6.07) is 21.1. The molecule has 6 nitrogen and oxygen atoms in total. The Balaban J connectivity index is 1.89. The number of Topliss-reactive ketones (excluding diaryl/α,β-unsaturated/α-hetero) is 1. The number of anilines is 1. The van der Waals surface area contributed by atoms with E-state index in [2.05, 4.69) is 20.8 Å². The molecule has 0 spiro atoms. The minimum atomic E-state index is -0.818. The summed E-state index contributed by atoms with van der Waals surface area (Å²) in [4.78, 5) is 28.5. The van der Waals surface area contributed by atoms with E-state index in [4.69, 9.17) is 9.47 Å². The monoisotopic (exact) mass is 513 g/mol. The summed E-state index contributed by atoms with van der Waals surface area (Å²) in [5.74, 6) is -0.508. The molecule has 4 rings (SSSR count). The molecule has 38 heavy (non-hydrogen) atoms. The molecule has 0 aliphatic carbocycles. The van der Waals surface area contributed by atoms with Gasteiger partial charge in [0.2, 0.25) is 0 Å². The molecule has 3 aromatic carbocycles. The van der Waals surface area contributed by atoms with Crippen LogP contribution >= 0.6 is 0 Å². The molecule has 0 saturated carbocycles. The highest BCUT2D eigenvalue weighted by Crippen LogP contribution is 2.43. The molecule has 1 unspecified atom stereocenters. The minimum absolute atomic E-state index is 0.0352. The summed E-state index contributed by atoms with van der Waals surface area (Å²) in [6.45, 7) is 11.3. The number of ketones is 1. The number of aliphatic hydroxyl groups is 1. The summed E-state index contributed by atoms with van der Waals surface area (Å²) in [6.07, 6.45) is 0.840. The van der Waals surface area contributed by atoms with Gasteiger partial charge in [-0.25, -0.2) is 0 Å². The zero-order valence-corrected chi connectivity index (χ0v) is 22.7. The molecule has 0 radical (unpaired) electrons. The van der Waals surface area contributed by atoms with Gasteiger partial charge in [-0.15, -0.1) is 0 Å². The summed E-state index contributed by atoms with van der Waals surface area (Å²) >= 11 is 0. The van der Waals surface area contributed by atoms with Crippen molar-refractivity contribution in [3.8, 4) is 11.5 Å². The highest BCUT2D eigenvalue weighted by Gasteiger charge is 2.47. The van der Waals surface area contributed by atoms with E-state index >= 15 is 0 Å². The number of hydrogen-bond acceptors (Lipinski definition) is 5. The van der Waals surface area contributed by atoms with Crippen LogP contribution in [0.25, 0.3) is 5.76 Å². The third kappa shape index (κ3) is 5.44. The van der Waals surface area contributed by atoms with E-state index < -0.39 is 17.7 Å². The van der Waals surface area contributed by atoms with Crippen LogP contribution in [0.15, 0.2) is 78.4 Å². The predicted molar refractivity (Wildman–Crippen MR) is 150 cm³/mol. The Kier molecular flexibility index (Phi) is 7.91. The summed E-state index contributed by atoms with van der Waals surface area (Å²) in [5.41, 5.74) is 2.74. The van der Waals surface area contributed by atoms with Gasteiger partial charge in [0.1, 0.15) is 17.3 Å². The number of carbonyl (C=O) groups is 2.